The second-order valence-electron chi connectivity index (χ2n) is 6.93. The number of sulfonamides is 1. The number of carbonyl (C=O) groups is 1. The topological polar surface area (TPSA) is 75.5 Å². The van der Waals surface area contributed by atoms with Gasteiger partial charge < -0.3 is 4.90 Å². The first-order chi connectivity index (χ1) is 14.5. The third-order valence-corrected chi connectivity index (χ3v) is 6.89. The van der Waals surface area contributed by atoms with E-state index >= 15 is 0 Å². The van der Waals surface area contributed by atoms with Crippen molar-refractivity contribution < 1.29 is 13.2 Å². The maximum absolute atomic E-state index is 12.7. The van der Waals surface area contributed by atoms with Crippen LogP contribution in [0.2, 0.25) is 0 Å². The monoisotopic (exact) mass is 422 g/mol. The van der Waals surface area contributed by atoms with Gasteiger partial charge in [0.05, 0.1) is 16.8 Å². The number of carbonyl (C=O) groups excluding carboxylic acids is 1. The lowest BCUT2D eigenvalue weighted by molar-refractivity contribution is -0.127. The van der Waals surface area contributed by atoms with Crippen LogP contribution in [-0.4, -0.2) is 59.5 Å². The molecule has 0 aliphatic carbocycles. The number of piperazine rings is 1. The predicted octanol–water partition coefficient (Wildman–Crippen LogP) is 2.42. The lowest BCUT2D eigenvalue weighted by Crippen LogP contribution is -2.50. The van der Waals surface area contributed by atoms with Crippen LogP contribution in [0.25, 0.3) is 11.8 Å². The summed E-state index contributed by atoms with van der Waals surface area (Å²) in [5.74, 6) is -0.140. The Morgan fingerprint density at radius 2 is 1.53 bits per heavy atom. The molecule has 154 valence electrons. The highest BCUT2D eigenvalue weighted by Crippen LogP contribution is 2.17. The molecule has 1 fully saturated rings. The van der Waals surface area contributed by atoms with Crippen molar-refractivity contribution >= 4 is 22.0 Å². The van der Waals surface area contributed by atoms with Crippen LogP contribution in [0.1, 0.15) is 5.56 Å². The molecule has 2 aromatic carbocycles. The lowest BCUT2D eigenvalue weighted by atomic mass is 10.3. The zero-order valence-corrected chi connectivity index (χ0v) is 17.1. The highest BCUT2D eigenvalue weighted by molar-refractivity contribution is 7.89. The number of para-hydroxylation sites is 1. The maximum Gasteiger partial charge on any atom is 0.246 e. The smallest absolute Gasteiger partial charge is 0.246 e. The van der Waals surface area contributed by atoms with Crippen LogP contribution in [0, 0.1) is 0 Å². The third-order valence-electron chi connectivity index (χ3n) is 4.97. The largest absolute Gasteiger partial charge is 0.337 e. The van der Waals surface area contributed by atoms with Gasteiger partial charge in [-0.05, 0) is 30.3 Å². The Bertz CT molecular complexity index is 1130. The molecule has 30 heavy (non-hydrogen) atoms. The van der Waals surface area contributed by atoms with E-state index in [-0.39, 0.29) is 23.9 Å². The standard InChI is InChI=1S/C22H22N4O3S/c27-22(12-11-19-17-23-26(18-19)20-7-3-1-4-8-20)24-13-15-25(16-14-24)30(28,29)21-9-5-2-6-10-21/h1-12,17-18H,13-16H2/b12-11+. The Balaban J connectivity index is 1.35. The quantitative estimate of drug-likeness (QED) is 0.592. The number of rotatable bonds is 5. The van der Waals surface area contributed by atoms with Crippen molar-refractivity contribution in [2.45, 2.75) is 4.90 Å². The van der Waals surface area contributed by atoms with Gasteiger partial charge in [0.15, 0.2) is 0 Å². The molecule has 1 aliphatic heterocycles. The molecule has 3 aromatic rings. The van der Waals surface area contributed by atoms with Crippen molar-refractivity contribution in [2.24, 2.45) is 0 Å². The van der Waals surface area contributed by atoms with E-state index in [0.29, 0.717) is 13.1 Å². The Morgan fingerprint density at radius 3 is 2.20 bits per heavy atom. The number of nitrogens with zero attached hydrogens (tertiary/aromatic N) is 4. The molecule has 7 nitrogen and oxygen atoms in total. The Labute approximate surface area is 175 Å². The summed E-state index contributed by atoms with van der Waals surface area (Å²) in [6.45, 7) is 1.28. The van der Waals surface area contributed by atoms with E-state index in [2.05, 4.69) is 5.10 Å². The number of hydrogen-bond donors (Lipinski definition) is 0. The second kappa shape index (κ2) is 8.64. The minimum Gasteiger partial charge on any atom is -0.337 e. The third kappa shape index (κ3) is 4.34. The maximum atomic E-state index is 12.7. The Kier molecular flexibility index (Phi) is 5.78. The second-order valence-corrected chi connectivity index (χ2v) is 8.87. The molecule has 0 radical (unpaired) electrons. The van der Waals surface area contributed by atoms with Gasteiger partial charge in [0.25, 0.3) is 0 Å². The number of benzene rings is 2. The van der Waals surface area contributed by atoms with E-state index in [1.54, 1.807) is 52.2 Å². The van der Waals surface area contributed by atoms with Gasteiger partial charge in [0.1, 0.15) is 0 Å². The fourth-order valence-corrected chi connectivity index (χ4v) is 4.75. The molecule has 2 heterocycles. The Hall–Kier alpha value is -3.23. The van der Waals surface area contributed by atoms with Gasteiger partial charge in [-0.15, -0.1) is 0 Å². The molecule has 1 amide bonds. The number of hydrogen-bond acceptors (Lipinski definition) is 4. The van der Waals surface area contributed by atoms with E-state index in [1.807, 2.05) is 36.5 Å². The molecular formula is C22H22N4O3S. The summed E-state index contributed by atoms with van der Waals surface area (Å²) >= 11 is 0. The minimum atomic E-state index is -3.52. The van der Waals surface area contributed by atoms with Crippen LogP contribution in [0.5, 0.6) is 0 Å². The highest BCUT2D eigenvalue weighted by atomic mass is 32.2. The first-order valence-electron chi connectivity index (χ1n) is 9.66. The van der Waals surface area contributed by atoms with Gasteiger partial charge in [-0.25, -0.2) is 13.1 Å². The SMILES string of the molecule is O=C(/C=C/c1cnn(-c2ccccc2)c1)N1CCN(S(=O)(=O)c2ccccc2)CC1. The summed E-state index contributed by atoms with van der Waals surface area (Å²) in [4.78, 5) is 14.5. The van der Waals surface area contributed by atoms with Crippen LogP contribution in [-0.2, 0) is 14.8 Å². The van der Waals surface area contributed by atoms with Crippen LogP contribution in [0.15, 0.2) is 84.0 Å². The molecule has 1 saturated heterocycles. The predicted molar refractivity (Wildman–Crippen MR) is 114 cm³/mol. The van der Waals surface area contributed by atoms with Crippen molar-refractivity contribution in [3.05, 3.63) is 84.7 Å². The average molecular weight is 423 g/mol. The first kappa shape index (κ1) is 20.1. The average Bonchev–Trinajstić information content (AvgIpc) is 3.28. The molecule has 0 atom stereocenters. The van der Waals surface area contributed by atoms with Crippen molar-refractivity contribution in [1.82, 2.24) is 19.0 Å². The molecule has 1 aliphatic rings. The van der Waals surface area contributed by atoms with Crippen molar-refractivity contribution in [1.29, 1.82) is 0 Å². The molecule has 8 heteroatoms. The normalized spacial score (nSPS) is 15.5. The van der Waals surface area contributed by atoms with Crippen LogP contribution in [0.3, 0.4) is 0 Å². The number of amides is 1. The summed E-state index contributed by atoms with van der Waals surface area (Å²) in [5, 5.41) is 4.31. The van der Waals surface area contributed by atoms with E-state index in [9.17, 15) is 13.2 Å². The van der Waals surface area contributed by atoms with Gasteiger partial charge in [-0.1, -0.05) is 36.4 Å². The van der Waals surface area contributed by atoms with E-state index in [0.717, 1.165) is 11.3 Å². The molecule has 0 saturated carbocycles. The molecule has 4 rings (SSSR count). The lowest BCUT2D eigenvalue weighted by Gasteiger charge is -2.33. The minimum absolute atomic E-state index is 0.140. The zero-order chi connectivity index (χ0) is 21.0. The number of aromatic nitrogens is 2. The van der Waals surface area contributed by atoms with Crippen LogP contribution >= 0.6 is 0 Å². The fourth-order valence-electron chi connectivity index (χ4n) is 3.31. The van der Waals surface area contributed by atoms with Gasteiger partial charge >= 0.3 is 0 Å². The molecular weight excluding hydrogens is 400 g/mol. The first-order valence-corrected chi connectivity index (χ1v) is 11.1. The van der Waals surface area contributed by atoms with Crippen molar-refractivity contribution in [3.8, 4) is 5.69 Å². The van der Waals surface area contributed by atoms with Crippen LogP contribution < -0.4 is 0 Å². The molecule has 0 unspecified atom stereocenters. The van der Waals surface area contributed by atoms with Crippen LogP contribution in [0.4, 0.5) is 0 Å². The molecule has 1 aromatic heterocycles. The molecule has 0 N–H and O–H groups in total. The summed E-state index contributed by atoms with van der Waals surface area (Å²) in [6.07, 6.45) is 6.78. The van der Waals surface area contributed by atoms with Crippen molar-refractivity contribution in [3.63, 3.8) is 0 Å². The van der Waals surface area contributed by atoms with Gasteiger partial charge in [0, 0.05) is 44.0 Å². The fraction of sp³-hybridized carbons (Fsp3) is 0.182. The van der Waals surface area contributed by atoms with E-state index in [1.165, 1.54) is 10.4 Å². The Morgan fingerprint density at radius 1 is 0.900 bits per heavy atom. The summed E-state index contributed by atoms with van der Waals surface area (Å²) in [7, 11) is -3.52. The molecule has 0 bridgehead atoms. The van der Waals surface area contributed by atoms with Crippen molar-refractivity contribution in [2.75, 3.05) is 26.2 Å². The summed E-state index contributed by atoms with van der Waals surface area (Å²) in [6, 6.07) is 18.1. The zero-order valence-electron chi connectivity index (χ0n) is 16.3. The highest BCUT2D eigenvalue weighted by Gasteiger charge is 2.29. The van der Waals surface area contributed by atoms with E-state index in [4.69, 9.17) is 0 Å². The van der Waals surface area contributed by atoms with Gasteiger partial charge in [0.2, 0.25) is 15.9 Å². The van der Waals surface area contributed by atoms with Gasteiger partial charge in [-0.3, -0.25) is 4.79 Å². The summed E-state index contributed by atoms with van der Waals surface area (Å²) < 4.78 is 28.6. The van der Waals surface area contributed by atoms with E-state index < -0.39 is 10.0 Å². The van der Waals surface area contributed by atoms with Gasteiger partial charge in [-0.2, -0.15) is 9.40 Å². The molecule has 0 spiro atoms. The summed E-state index contributed by atoms with van der Waals surface area (Å²) in [5.41, 5.74) is 1.76.